The predicted molar refractivity (Wildman–Crippen MR) is 95.7 cm³/mol. The number of esters is 3. The molecule has 0 rings (SSSR count). The molecule has 1 N–H and O–H groups in total. The number of likely N-dealkylation sites (N-methyl/N-ethyl adjacent to an activating group) is 1. The maximum absolute atomic E-state index is 11.1. The third kappa shape index (κ3) is 15.0. The van der Waals surface area contributed by atoms with Gasteiger partial charge in [-0.2, -0.15) is 0 Å². The van der Waals surface area contributed by atoms with E-state index in [1.54, 1.807) is 6.92 Å². The summed E-state index contributed by atoms with van der Waals surface area (Å²) in [6.07, 6.45) is 0.744. The molecule has 0 radical (unpaired) electrons. The minimum atomic E-state index is -0.758. The average molecular weight is 355 g/mol. The summed E-state index contributed by atoms with van der Waals surface area (Å²) >= 11 is 0. The van der Waals surface area contributed by atoms with E-state index in [1.165, 1.54) is 6.92 Å². The van der Waals surface area contributed by atoms with Crippen molar-refractivity contribution in [2.75, 3.05) is 33.9 Å². The lowest BCUT2D eigenvalue weighted by atomic mass is 10.2. The zero-order valence-electron chi connectivity index (χ0n) is 15.6. The third-order valence-corrected chi connectivity index (χ3v) is 2.58. The van der Waals surface area contributed by atoms with Gasteiger partial charge in [0.2, 0.25) is 0 Å². The molecule has 0 atom stereocenters. The molecule has 0 amide bonds. The van der Waals surface area contributed by atoms with Crippen molar-refractivity contribution in [1.82, 2.24) is 4.90 Å². The van der Waals surface area contributed by atoms with Crippen molar-refractivity contribution in [3.8, 4) is 0 Å². The number of hydrogen-bond donors (Lipinski definition) is 1. The second-order valence-corrected chi connectivity index (χ2v) is 5.61. The van der Waals surface area contributed by atoms with E-state index in [1.807, 2.05) is 19.0 Å². The minimum absolute atomic E-state index is 0.0271. The number of carbonyl (C=O) groups excluding carboxylic acids is 3. The van der Waals surface area contributed by atoms with E-state index < -0.39 is 11.9 Å². The molecule has 142 valence electrons. The SMILES string of the molecule is C=C(C)C(=O)OC(=O)C(=C)CCCO.C=C(C)C(=O)OCCN(C)C. The normalized spacial score (nSPS) is 9.52. The van der Waals surface area contributed by atoms with Gasteiger partial charge in [0, 0.05) is 29.9 Å². The van der Waals surface area contributed by atoms with E-state index in [4.69, 9.17) is 9.84 Å². The van der Waals surface area contributed by atoms with Crippen LogP contribution < -0.4 is 0 Å². The first kappa shape index (κ1) is 25.0. The van der Waals surface area contributed by atoms with Crippen molar-refractivity contribution in [2.24, 2.45) is 0 Å². The second kappa shape index (κ2) is 14.1. The standard InChI is InChI=1S/C10H14O4.C8H15NO2/c1-7(2)9(12)14-10(13)8(3)5-4-6-11;1-7(2)8(10)11-6-5-9(3)4/h11H,1,3-6H2,2H3;1,5-6H2,2-4H3. The van der Waals surface area contributed by atoms with Gasteiger partial charge >= 0.3 is 17.9 Å². The largest absolute Gasteiger partial charge is 0.461 e. The fourth-order valence-electron chi connectivity index (χ4n) is 1.08. The highest BCUT2D eigenvalue weighted by molar-refractivity contribution is 6.00. The van der Waals surface area contributed by atoms with Crippen LogP contribution in [0.4, 0.5) is 0 Å². The van der Waals surface area contributed by atoms with E-state index in [-0.39, 0.29) is 23.7 Å². The highest BCUT2D eigenvalue weighted by atomic mass is 16.6. The maximum atomic E-state index is 11.1. The maximum Gasteiger partial charge on any atom is 0.341 e. The lowest BCUT2D eigenvalue weighted by Crippen LogP contribution is -2.20. The van der Waals surface area contributed by atoms with Crippen LogP contribution in [-0.4, -0.2) is 61.8 Å². The topological polar surface area (TPSA) is 93.1 Å². The van der Waals surface area contributed by atoms with E-state index >= 15 is 0 Å². The first-order chi connectivity index (χ1) is 11.5. The van der Waals surface area contributed by atoms with Crippen molar-refractivity contribution >= 4 is 17.9 Å². The molecule has 0 aromatic heterocycles. The molecule has 0 bridgehead atoms. The molecule has 0 aliphatic carbocycles. The van der Waals surface area contributed by atoms with Gasteiger partial charge in [0.1, 0.15) is 6.61 Å². The molecule has 7 nitrogen and oxygen atoms in total. The van der Waals surface area contributed by atoms with Crippen LogP contribution in [0.2, 0.25) is 0 Å². The Morgan fingerprint density at radius 3 is 1.88 bits per heavy atom. The van der Waals surface area contributed by atoms with Gasteiger partial charge in [-0.1, -0.05) is 19.7 Å². The fourth-order valence-corrected chi connectivity index (χ4v) is 1.08. The van der Waals surface area contributed by atoms with Gasteiger partial charge in [0.25, 0.3) is 0 Å². The lowest BCUT2D eigenvalue weighted by Gasteiger charge is -2.09. The van der Waals surface area contributed by atoms with Crippen LogP contribution in [0.15, 0.2) is 36.5 Å². The van der Waals surface area contributed by atoms with Gasteiger partial charge in [-0.05, 0) is 40.8 Å². The smallest absolute Gasteiger partial charge is 0.341 e. The minimum Gasteiger partial charge on any atom is -0.461 e. The Hall–Kier alpha value is -2.25. The van der Waals surface area contributed by atoms with Crippen LogP contribution >= 0.6 is 0 Å². The monoisotopic (exact) mass is 355 g/mol. The first-order valence-corrected chi connectivity index (χ1v) is 7.70. The molecule has 0 aliphatic heterocycles. The number of aliphatic hydroxyl groups is 1. The Morgan fingerprint density at radius 1 is 0.960 bits per heavy atom. The molecule has 0 heterocycles. The van der Waals surface area contributed by atoms with Gasteiger partial charge in [-0.25, -0.2) is 14.4 Å². The molecule has 0 spiro atoms. The Morgan fingerprint density at radius 2 is 1.48 bits per heavy atom. The molecule has 7 heteroatoms. The number of rotatable bonds is 9. The summed E-state index contributed by atoms with van der Waals surface area (Å²) in [6, 6.07) is 0. The summed E-state index contributed by atoms with van der Waals surface area (Å²) in [4.78, 5) is 34.7. The first-order valence-electron chi connectivity index (χ1n) is 7.70. The Bertz CT molecular complexity index is 508. The molecular weight excluding hydrogens is 326 g/mol. The molecular formula is C18H29NO6. The summed E-state index contributed by atoms with van der Waals surface area (Å²) in [5, 5.41) is 8.49. The zero-order valence-corrected chi connectivity index (χ0v) is 15.6. The van der Waals surface area contributed by atoms with Gasteiger partial charge in [0.15, 0.2) is 0 Å². The van der Waals surface area contributed by atoms with E-state index in [0.717, 1.165) is 6.54 Å². The van der Waals surface area contributed by atoms with Crippen LogP contribution in [0.5, 0.6) is 0 Å². The number of nitrogens with zero attached hydrogens (tertiary/aromatic N) is 1. The van der Waals surface area contributed by atoms with Crippen LogP contribution in [0.1, 0.15) is 26.7 Å². The molecule has 0 saturated heterocycles. The Balaban J connectivity index is 0. The van der Waals surface area contributed by atoms with Gasteiger partial charge in [-0.3, -0.25) is 0 Å². The number of ether oxygens (including phenoxy) is 2. The van der Waals surface area contributed by atoms with Crippen molar-refractivity contribution < 1.29 is 29.0 Å². The second-order valence-electron chi connectivity index (χ2n) is 5.61. The highest BCUT2D eigenvalue weighted by Gasteiger charge is 2.13. The molecule has 0 saturated carbocycles. The van der Waals surface area contributed by atoms with Gasteiger partial charge in [-0.15, -0.1) is 0 Å². The fraction of sp³-hybridized carbons (Fsp3) is 0.500. The molecule has 0 aromatic carbocycles. The molecule has 0 fully saturated rings. The van der Waals surface area contributed by atoms with Crippen molar-refractivity contribution in [3.05, 3.63) is 36.5 Å². The van der Waals surface area contributed by atoms with E-state index in [9.17, 15) is 14.4 Å². The van der Waals surface area contributed by atoms with Gasteiger partial charge in [0.05, 0.1) is 0 Å². The Kier molecular flexibility index (Phi) is 14.1. The molecule has 0 aliphatic rings. The van der Waals surface area contributed by atoms with Crippen LogP contribution in [-0.2, 0) is 23.9 Å². The third-order valence-electron chi connectivity index (χ3n) is 2.58. The summed E-state index contributed by atoms with van der Waals surface area (Å²) in [5.41, 5.74) is 0.783. The van der Waals surface area contributed by atoms with Crippen LogP contribution in [0, 0.1) is 0 Å². The predicted octanol–water partition coefficient (Wildman–Crippen LogP) is 1.63. The quantitative estimate of drug-likeness (QED) is 0.382. The highest BCUT2D eigenvalue weighted by Crippen LogP contribution is 2.05. The number of aliphatic hydroxyl groups excluding tert-OH is 1. The number of hydrogen-bond acceptors (Lipinski definition) is 7. The van der Waals surface area contributed by atoms with Crippen molar-refractivity contribution in [3.63, 3.8) is 0 Å². The molecule has 0 unspecified atom stereocenters. The lowest BCUT2D eigenvalue weighted by molar-refractivity contribution is -0.154. The van der Waals surface area contributed by atoms with Crippen LogP contribution in [0.3, 0.4) is 0 Å². The van der Waals surface area contributed by atoms with Crippen molar-refractivity contribution in [1.29, 1.82) is 0 Å². The van der Waals surface area contributed by atoms with Gasteiger partial charge < -0.3 is 19.5 Å². The summed E-state index contributed by atoms with van der Waals surface area (Å²) < 4.78 is 9.25. The van der Waals surface area contributed by atoms with E-state index in [2.05, 4.69) is 24.5 Å². The average Bonchev–Trinajstić information content (AvgIpc) is 2.52. The Labute approximate surface area is 149 Å². The zero-order chi connectivity index (χ0) is 20.0. The molecule has 0 aromatic rings. The molecule has 25 heavy (non-hydrogen) atoms. The summed E-state index contributed by atoms with van der Waals surface area (Å²) in [5.74, 6) is -1.82. The van der Waals surface area contributed by atoms with E-state index in [0.29, 0.717) is 25.0 Å². The summed E-state index contributed by atoms with van der Waals surface area (Å²) in [7, 11) is 3.85. The van der Waals surface area contributed by atoms with Crippen LogP contribution in [0.25, 0.3) is 0 Å². The van der Waals surface area contributed by atoms with Crippen molar-refractivity contribution in [2.45, 2.75) is 26.7 Å². The summed E-state index contributed by atoms with van der Waals surface area (Å²) in [6.45, 7) is 14.5. The number of carbonyl (C=O) groups is 3.